The second-order valence-electron chi connectivity index (χ2n) is 6.10. The molecule has 136 valence electrons. The summed E-state index contributed by atoms with van der Waals surface area (Å²) < 4.78 is 10.8. The van der Waals surface area contributed by atoms with Gasteiger partial charge in [0.25, 0.3) is 0 Å². The van der Waals surface area contributed by atoms with Gasteiger partial charge in [0.15, 0.2) is 16.6 Å². The molecule has 1 heterocycles. The summed E-state index contributed by atoms with van der Waals surface area (Å²) in [6.07, 6.45) is 2.07. The van der Waals surface area contributed by atoms with E-state index < -0.39 is 0 Å². The van der Waals surface area contributed by atoms with Crippen LogP contribution in [-0.2, 0) is 6.42 Å². The number of aryl methyl sites for hydroxylation is 2. The fourth-order valence-corrected chi connectivity index (χ4v) is 3.88. The molecule has 1 N–H and O–H groups in total. The summed E-state index contributed by atoms with van der Waals surface area (Å²) >= 11 is 1.71. The van der Waals surface area contributed by atoms with E-state index in [0.717, 1.165) is 40.7 Å². The summed E-state index contributed by atoms with van der Waals surface area (Å²) in [5, 5.41) is 4.33. The smallest absolute Gasteiger partial charge is 0.187 e. The minimum Gasteiger partial charge on any atom is -0.493 e. The van der Waals surface area contributed by atoms with Crippen LogP contribution >= 0.6 is 11.3 Å². The highest BCUT2D eigenvalue weighted by molar-refractivity contribution is 7.16. The van der Waals surface area contributed by atoms with Crippen molar-refractivity contribution in [2.75, 3.05) is 19.5 Å². The number of aromatic nitrogens is 1. The Morgan fingerprint density at radius 3 is 2.38 bits per heavy atom. The lowest BCUT2D eigenvalue weighted by Gasteiger charge is -2.09. The number of nitrogens with one attached hydrogen (secondary N) is 1. The van der Waals surface area contributed by atoms with E-state index in [-0.39, 0.29) is 0 Å². The van der Waals surface area contributed by atoms with Crippen LogP contribution in [0.1, 0.15) is 23.8 Å². The van der Waals surface area contributed by atoms with Crippen LogP contribution in [0, 0.1) is 6.92 Å². The molecule has 0 spiro atoms. The molecule has 5 heteroatoms. The minimum atomic E-state index is 0.716. The largest absolute Gasteiger partial charge is 0.493 e. The first-order valence-electron chi connectivity index (χ1n) is 8.70. The lowest BCUT2D eigenvalue weighted by Crippen LogP contribution is -1.93. The summed E-state index contributed by atoms with van der Waals surface area (Å²) in [6.45, 7) is 4.27. The van der Waals surface area contributed by atoms with Crippen LogP contribution in [0.2, 0.25) is 0 Å². The molecule has 0 unspecified atom stereocenters. The van der Waals surface area contributed by atoms with E-state index in [4.69, 9.17) is 14.5 Å². The van der Waals surface area contributed by atoms with Crippen molar-refractivity contribution in [3.8, 4) is 22.8 Å². The number of hydrogen-bond donors (Lipinski definition) is 1. The molecule has 4 nitrogen and oxygen atoms in total. The maximum absolute atomic E-state index is 5.45. The highest BCUT2D eigenvalue weighted by atomic mass is 32.1. The number of anilines is 2. The van der Waals surface area contributed by atoms with Crippen molar-refractivity contribution in [2.24, 2.45) is 0 Å². The Bertz CT molecular complexity index is 872. The topological polar surface area (TPSA) is 43.4 Å². The van der Waals surface area contributed by atoms with Crippen molar-refractivity contribution in [2.45, 2.75) is 26.7 Å². The summed E-state index contributed by atoms with van der Waals surface area (Å²) in [5.74, 6) is 1.44. The van der Waals surface area contributed by atoms with E-state index in [1.54, 1.807) is 25.6 Å². The molecular formula is C21H24N2O2S. The fraction of sp³-hybridized carbons (Fsp3) is 0.286. The number of benzene rings is 2. The van der Waals surface area contributed by atoms with Crippen molar-refractivity contribution in [1.29, 1.82) is 0 Å². The van der Waals surface area contributed by atoms with Crippen LogP contribution in [0.5, 0.6) is 11.5 Å². The van der Waals surface area contributed by atoms with Crippen molar-refractivity contribution in [3.63, 3.8) is 0 Å². The Morgan fingerprint density at radius 2 is 1.73 bits per heavy atom. The number of rotatable bonds is 7. The first-order valence-corrected chi connectivity index (χ1v) is 9.52. The molecule has 1 aromatic heterocycles. The van der Waals surface area contributed by atoms with Gasteiger partial charge in [-0.15, -0.1) is 11.3 Å². The Balaban J connectivity index is 1.95. The number of hydrogen-bond acceptors (Lipinski definition) is 5. The third-order valence-corrected chi connectivity index (χ3v) is 5.16. The highest BCUT2D eigenvalue weighted by Crippen LogP contribution is 2.37. The molecule has 3 aromatic rings. The maximum Gasteiger partial charge on any atom is 0.187 e. The zero-order valence-corrected chi connectivity index (χ0v) is 16.4. The van der Waals surface area contributed by atoms with Gasteiger partial charge < -0.3 is 14.8 Å². The van der Waals surface area contributed by atoms with Gasteiger partial charge in [-0.25, -0.2) is 4.98 Å². The van der Waals surface area contributed by atoms with E-state index in [1.807, 2.05) is 18.2 Å². The van der Waals surface area contributed by atoms with Crippen LogP contribution in [0.4, 0.5) is 10.8 Å². The Labute approximate surface area is 158 Å². The molecule has 0 amide bonds. The van der Waals surface area contributed by atoms with Gasteiger partial charge in [-0.3, -0.25) is 0 Å². The zero-order chi connectivity index (χ0) is 18.5. The zero-order valence-electron chi connectivity index (χ0n) is 15.6. The van der Waals surface area contributed by atoms with E-state index >= 15 is 0 Å². The number of ether oxygens (including phenoxy) is 2. The van der Waals surface area contributed by atoms with Gasteiger partial charge in [-0.05, 0) is 43.7 Å². The molecule has 0 saturated carbocycles. The molecule has 0 radical (unpaired) electrons. The quantitative estimate of drug-likeness (QED) is 0.569. The van der Waals surface area contributed by atoms with Crippen molar-refractivity contribution in [1.82, 2.24) is 4.98 Å². The van der Waals surface area contributed by atoms with E-state index in [2.05, 4.69) is 43.4 Å². The van der Waals surface area contributed by atoms with Gasteiger partial charge in [0.2, 0.25) is 0 Å². The van der Waals surface area contributed by atoms with Crippen LogP contribution in [0.25, 0.3) is 11.3 Å². The second-order valence-corrected chi connectivity index (χ2v) is 7.19. The summed E-state index contributed by atoms with van der Waals surface area (Å²) in [7, 11) is 3.30. The SMILES string of the molecule is CCCc1sc(Nc2ccc(C)cc2)nc1-c1ccc(OC)c(OC)c1. The third-order valence-electron chi connectivity index (χ3n) is 4.13. The van der Waals surface area contributed by atoms with Gasteiger partial charge in [0.05, 0.1) is 19.9 Å². The molecule has 0 fully saturated rings. The average molecular weight is 369 g/mol. The predicted molar refractivity (Wildman–Crippen MR) is 109 cm³/mol. The summed E-state index contributed by atoms with van der Waals surface area (Å²) in [4.78, 5) is 6.13. The molecule has 0 atom stereocenters. The van der Waals surface area contributed by atoms with Crippen LogP contribution in [0.15, 0.2) is 42.5 Å². The molecule has 2 aromatic carbocycles. The average Bonchev–Trinajstić information content (AvgIpc) is 3.05. The Kier molecular flexibility index (Phi) is 5.78. The fourth-order valence-electron chi connectivity index (χ4n) is 2.77. The van der Waals surface area contributed by atoms with Crippen molar-refractivity contribution in [3.05, 3.63) is 52.9 Å². The maximum atomic E-state index is 5.45. The molecule has 0 saturated heterocycles. The van der Waals surface area contributed by atoms with Gasteiger partial charge >= 0.3 is 0 Å². The van der Waals surface area contributed by atoms with Crippen LogP contribution in [-0.4, -0.2) is 19.2 Å². The van der Waals surface area contributed by atoms with Crippen molar-refractivity contribution >= 4 is 22.2 Å². The molecule has 26 heavy (non-hydrogen) atoms. The van der Waals surface area contributed by atoms with Gasteiger partial charge in [-0.1, -0.05) is 31.0 Å². The molecule has 3 rings (SSSR count). The molecule has 0 aliphatic rings. The molecule has 0 aliphatic heterocycles. The third kappa shape index (κ3) is 3.99. The summed E-state index contributed by atoms with van der Waals surface area (Å²) in [6, 6.07) is 14.3. The van der Waals surface area contributed by atoms with E-state index in [1.165, 1.54) is 10.4 Å². The van der Waals surface area contributed by atoms with E-state index in [9.17, 15) is 0 Å². The van der Waals surface area contributed by atoms with Crippen LogP contribution < -0.4 is 14.8 Å². The number of nitrogens with zero attached hydrogens (tertiary/aromatic N) is 1. The monoisotopic (exact) mass is 368 g/mol. The first kappa shape index (κ1) is 18.3. The summed E-state index contributed by atoms with van der Waals surface area (Å²) in [5.41, 5.74) is 4.34. The van der Waals surface area contributed by atoms with Crippen molar-refractivity contribution < 1.29 is 9.47 Å². The van der Waals surface area contributed by atoms with Crippen LogP contribution in [0.3, 0.4) is 0 Å². The van der Waals surface area contributed by atoms with Gasteiger partial charge in [0.1, 0.15) is 0 Å². The highest BCUT2D eigenvalue weighted by Gasteiger charge is 2.15. The van der Waals surface area contributed by atoms with Gasteiger partial charge in [-0.2, -0.15) is 0 Å². The molecule has 0 aliphatic carbocycles. The lowest BCUT2D eigenvalue weighted by molar-refractivity contribution is 0.355. The minimum absolute atomic E-state index is 0.716. The van der Waals surface area contributed by atoms with Gasteiger partial charge in [0, 0.05) is 16.1 Å². The Hall–Kier alpha value is -2.53. The predicted octanol–water partition coefficient (Wildman–Crippen LogP) is 5.83. The lowest BCUT2D eigenvalue weighted by atomic mass is 10.1. The second kappa shape index (κ2) is 8.23. The molecule has 0 bridgehead atoms. The first-order chi connectivity index (χ1) is 12.6. The van der Waals surface area contributed by atoms with E-state index in [0.29, 0.717) is 5.75 Å². The Morgan fingerprint density at radius 1 is 1.00 bits per heavy atom. The number of thiazole rings is 1. The standard InChI is InChI=1S/C21H24N2O2S/c1-5-6-19-20(15-9-12-17(24-3)18(13-15)25-4)23-21(26-19)22-16-10-7-14(2)8-11-16/h7-13H,5-6H2,1-4H3,(H,22,23). The molecular weight excluding hydrogens is 344 g/mol. The normalized spacial score (nSPS) is 10.6. The number of methoxy groups -OCH3 is 2.